The zero-order valence-corrected chi connectivity index (χ0v) is 21.1. The minimum atomic E-state index is 0. The zero-order chi connectivity index (χ0) is 21.2. The molecule has 3 rings (SSSR count). The lowest BCUT2D eigenvalue weighted by molar-refractivity contribution is 0.270. The van der Waals surface area contributed by atoms with Crippen LogP contribution in [0.4, 0.5) is 5.82 Å². The Morgan fingerprint density at radius 1 is 1.03 bits per heavy atom. The Morgan fingerprint density at radius 3 is 2.32 bits per heavy atom. The van der Waals surface area contributed by atoms with Crippen LogP contribution in [-0.4, -0.2) is 69.3 Å². The molecule has 170 valence electrons. The molecule has 0 atom stereocenters. The lowest BCUT2D eigenvalue weighted by atomic mass is 10.1. The fraction of sp³-hybridized carbons (Fsp3) is 0.478. The monoisotopic (exact) mass is 538 g/mol. The maximum atomic E-state index is 5.20. The van der Waals surface area contributed by atoms with Crippen molar-refractivity contribution in [1.29, 1.82) is 0 Å². The van der Waals surface area contributed by atoms with E-state index in [2.05, 4.69) is 61.6 Å². The molecule has 0 bridgehead atoms. The van der Waals surface area contributed by atoms with Crippen LogP contribution in [0.5, 0.6) is 5.75 Å². The van der Waals surface area contributed by atoms with Crippen LogP contribution in [0.1, 0.15) is 18.1 Å². The molecule has 1 fully saturated rings. The minimum Gasteiger partial charge on any atom is -0.497 e. The van der Waals surface area contributed by atoms with Crippen molar-refractivity contribution in [2.24, 2.45) is 4.99 Å². The van der Waals surface area contributed by atoms with E-state index in [-0.39, 0.29) is 24.0 Å². The van der Waals surface area contributed by atoms with Gasteiger partial charge in [0.25, 0.3) is 0 Å². The number of nitrogens with zero attached hydrogens (tertiary/aromatic N) is 4. The molecular formula is C23H35IN6O. The Balaban J connectivity index is 0.00000341. The maximum absolute atomic E-state index is 5.20. The van der Waals surface area contributed by atoms with Crippen molar-refractivity contribution >= 4 is 35.8 Å². The smallest absolute Gasteiger partial charge is 0.191 e. The van der Waals surface area contributed by atoms with E-state index in [0.717, 1.165) is 68.8 Å². The highest BCUT2D eigenvalue weighted by atomic mass is 127. The van der Waals surface area contributed by atoms with Crippen LogP contribution in [-0.2, 0) is 13.0 Å². The quantitative estimate of drug-likeness (QED) is 0.306. The van der Waals surface area contributed by atoms with Gasteiger partial charge in [0.15, 0.2) is 5.96 Å². The van der Waals surface area contributed by atoms with Crippen molar-refractivity contribution in [2.75, 3.05) is 58.3 Å². The number of benzene rings is 1. The molecule has 0 amide bonds. The predicted octanol–water partition coefficient (Wildman–Crippen LogP) is 2.76. The summed E-state index contributed by atoms with van der Waals surface area (Å²) in [4.78, 5) is 13.8. The summed E-state index contributed by atoms with van der Waals surface area (Å²) in [6.07, 6.45) is 2.88. The highest BCUT2D eigenvalue weighted by molar-refractivity contribution is 14.0. The van der Waals surface area contributed by atoms with Gasteiger partial charge in [0.2, 0.25) is 0 Å². The second kappa shape index (κ2) is 13.4. The largest absolute Gasteiger partial charge is 0.497 e. The van der Waals surface area contributed by atoms with E-state index in [1.54, 1.807) is 14.2 Å². The second-order valence-electron chi connectivity index (χ2n) is 7.40. The fourth-order valence-electron chi connectivity index (χ4n) is 3.53. The summed E-state index contributed by atoms with van der Waals surface area (Å²) in [5, 5.41) is 6.73. The van der Waals surface area contributed by atoms with E-state index in [1.165, 1.54) is 5.56 Å². The standard InChI is InChI=1S/C23H34N6O.HI/c1-4-28-13-15-29(16-14-28)22-10-7-20(17-26-22)18-27-23(24-2)25-12-11-19-5-8-21(30-3)9-6-19;/h5-10,17H,4,11-16,18H2,1-3H3,(H2,24,25,27);1H. The summed E-state index contributed by atoms with van der Waals surface area (Å²) >= 11 is 0. The Kier molecular flexibility index (Phi) is 10.9. The number of nitrogens with one attached hydrogen (secondary N) is 2. The molecule has 2 N–H and O–H groups in total. The molecule has 1 aromatic heterocycles. The van der Waals surface area contributed by atoms with Crippen molar-refractivity contribution in [3.05, 3.63) is 53.7 Å². The number of methoxy groups -OCH3 is 1. The molecule has 31 heavy (non-hydrogen) atoms. The highest BCUT2D eigenvalue weighted by Crippen LogP contribution is 2.14. The van der Waals surface area contributed by atoms with Gasteiger partial charge in [-0.15, -0.1) is 24.0 Å². The van der Waals surface area contributed by atoms with Gasteiger partial charge in [-0.2, -0.15) is 0 Å². The summed E-state index contributed by atoms with van der Waals surface area (Å²) in [5.41, 5.74) is 2.40. The van der Waals surface area contributed by atoms with Crippen LogP contribution in [0, 0.1) is 0 Å². The van der Waals surface area contributed by atoms with Crippen LogP contribution >= 0.6 is 24.0 Å². The number of anilines is 1. The first kappa shape index (κ1) is 25.2. The van der Waals surface area contributed by atoms with E-state index < -0.39 is 0 Å². The summed E-state index contributed by atoms with van der Waals surface area (Å²) in [5.74, 6) is 2.74. The first-order valence-corrected chi connectivity index (χ1v) is 10.7. The Bertz CT molecular complexity index is 789. The lowest BCUT2D eigenvalue weighted by Gasteiger charge is -2.34. The van der Waals surface area contributed by atoms with Crippen LogP contribution < -0.4 is 20.3 Å². The van der Waals surface area contributed by atoms with Gasteiger partial charge in [-0.05, 0) is 42.3 Å². The third kappa shape index (κ3) is 7.84. The number of guanidine groups is 1. The number of piperazine rings is 1. The van der Waals surface area contributed by atoms with Gasteiger partial charge in [-0.1, -0.05) is 25.1 Å². The molecule has 1 aliphatic heterocycles. The number of likely N-dealkylation sites (N-methyl/N-ethyl adjacent to an activating group) is 1. The van der Waals surface area contributed by atoms with Crippen molar-refractivity contribution < 1.29 is 4.74 Å². The SMILES string of the molecule is CCN1CCN(c2ccc(CNC(=NC)NCCc3ccc(OC)cc3)cn2)CC1.I. The maximum Gasteiger partial charge on any atom is 0.191 e. The van der Waals surface area contributed by atoms with Gasteiger partial charge in [-0.25, -0.2) is 4.98 Å². The van der Waals surface area contributed by atoms with E-state index in [4.69, 9.17) is 4.74 Å². The highest BCUT2D eigenvalue weighted by Gasteiger charge is 2.16. The number of aromatic nitrogens is 1. The number of hydrogen-bond donors (Lipinski definition) is 2. The summed E-state index contributed by atoms with van der Waals surface area (Å²) in [6.45, 7) is 9.16. The first-order chi connectivity index (χ1) is 14.7. The molecule has 1 saturated heterocycles. The minimum absolute atomic E-state index is 0. The normalized spacial score (nSPS) is 14.7. The fourth-order valence-corrected chi connectivity index (χ4v) is 3.53. The molecule has 0 unspecified atom stereocenters. The predicted molar refractivity (Wildman–Crippen MR) is 139 cm³/mol. The molecule has 1 aliphatic rings. The third-order valence-electron chi connectivity index (χ3n) is 5.50. The molecule has 0 aliphatic carbocycles. The third-order valence-corrected chi connectivity index (χ3v) is 5.50. The molecule has 0 spiro atoms. The molecule has 2 aromatic rings. The summed E-state index contributed by atoms with van der Waals surface area (Å²) in [7, 11) is 3.48. The van der Waals surface area contributed by atoms with E-state index in [0.29, 0.717) is 6.54 Å². The van der Waals surface area contributed by atoms with Gasteiger partial charge >= 0.3 is 0 Å². The van der Waals surface area contributed by atoms with Crippen molar-refractivity contribution in [3.8, 4) is 5.75 Å². The first-order valence-electron chi connectivity index (χ1n) is 10.7. The van der Waals surface area contributed by atoms with Crippen LogP contribution in [0.2, 0.25) is 0 Å². The van der Waals surface area contributed by atoms with Gasteiger partial charge < -0.3 is 25.2 Å². The topological polar surface area (TPSA) is 65.0 Å². The van der Waals surface area contributed by atoms with Crippen LogP contribution in [0.25, 0.3) is 0 Å². The Labute approximate surface area is 203 Å². The zero-order valence-electron chi connectivity index (χ0n) is 18.8. The molecular weight excluding hydrogens is 503 g/mol. The molecule has 0 saturated carbocycles. The van der Waals surface area contributed by atoms with Gasteiger partial charge in [0.05, 0.1) is 7.11 Å². The summed E-state index contributed by atoms with van der Waals surface area (Å²) in [6, 6.07) is 12.4. The average Bonchev–Trinajstić information content (AvgIpc) is 2.82. The molecule has 2 heterocycles. The molecule has 0 radical (unpaired) electrons. The molecule has 7 nitrogen and oxygen atoms in total. The van der Waals surface area contributed by atoms with E-state index in [9.17, 15) is 0 Å². The molecule has 8 heteroatoms. The van der Waals surface area contributed by atoms with Crippen LogP contribution in [0.15, 0.2) is 47.6 Å². The number of hydrogen-bond acceptors (Lipinski definition) is 5. The summed E-state index contributed by atoms with van der Waals surface area (Å²) < 4.78 is 5.20. The number of pyridine rings is 1. The van der Waals surface area contributed by atoms with E-state index in [1.807, 2.05) is 18.3 Å². The molecule has 1 aromatic carbocycles. The number of aliphatic imine (C=N–C) groups is 1. The lowest BCUT2D eigenvalue weighted by Crippen LogP contribution is -2.46. The van der Waals surface area contributed by atoms with Crippen LogP contribution in [0.3, 0.4) is 0 Å². The second-order valence-corrected chi connectivity index (χ2v) is 7.40. The van der Waals surface area contributed by atoms with Crippen molar-refractivity contribution in [1.82, 2.24) is 20.5 Å². The van der Waals surface area contributed by atoms with Crippen molar-refractivity contribution in [2.45, 2.75) is 19.9 Å². The average molecular weight is 538 g/mol. The number of ether oxygens (including phenoxy) is 1. The Morgan fingerprint density at radius 2 is 1.74 bits per heavy atom. The Hall–Kier alpha value is -2.07. The number of halogens is 1. The number of rotatable bonds is 8. The van der Waals surface area contributed by atoms with Crippen molar-refractivity contribution in [3.63, 3.8) is 0 Å². The van der Waals surface area contributed by atoms with Gasteiger partial charge in [-0.3, -0.25) is 4.99 Å². The van der Waals surface area contributed by atoms with E-state index >= 15 is 0 Å². The van der Waals surface area contributed by atoms with Gasteiger partial charge in [0, 0.05) is 52.5 Å². The van der Waals surface area contributed by atoms with Gasteiger partial charge in [0.1, 0.15) is 11.6 Å².